The Balaban J connectivity index is 1.35. The summed E-state index contributed by atoms with van der Waals surface area (Å²) >= 11 is 0. The summed E-state index contributed by atoms with van der Waals surface area (Å²) < 4.78 is 10.9. The third-order valence-electron chi connectivity index (χ3n) is 8.32. The van der Waals surface area contributed by atoms with Gasteiger partial charge < -0.3 is 13.6 Å². The van der Waals surface area contributed by atoms with Gasteiger partial charge in [0.15, 0.2) is 0 Å². The molecule has 0 aliphatic carbocycles. The second-order valence-corrected chi connectivity index (χ2v) is 10.5. The summed E-state index contributed by atoms with van der Waals surface area (Å²) in [6.07, 6.45) is 0. The van der Waals surface area contributed by atoms with E-state index in [4.69, 9.17) is 4.42 Å². The molecule has 9 aromatic rings. The van der Waals surface area contributed by atoms with Crippen molar-refractivity contribution < 1.29 is 4.42 Å². The van der Waals surface area contributed by atoms with Gasteiger partial charge in [-0.25, -0.2) is 0 Å². The van der Waals surface area contributed by atoms with Gasteiger partial charge in [0.05, 0.1) is 33.7 Å². The fourth-order valence-electron chi connectivity index (χ4n) is 6.56. The van der Waals surface area contributed by atoms with E-state index in [9.17, 15) is 5.26 Å². The van der Waals surface area contributed by atoms with Gasteiger partial charge in [0.1, 0.15) is 11.2 Å². The number of hydrogen-bond acceptors (Lipinski definition) is 2. The van der Waals surface area contributed by atoms with Crippen molar-refractivity contribution in [3.05, 3.63) is 133 Å². The van der Waals surface area contributed by atoms with Crippen molar-refractivity contribution in [2.75, 3.05) is 0 Å². The van der Waals surface area contributed by atoms with E-state index in [0.29, 0.717) is 5.56 Å². The van der Waals surface area contributed by atoms with Crippen molar-refractivity contribution >= 4 is 65.6 Å². The van der Waals surface area contributed by atoms with Gasteiger partial charge in [0, 0.05) is 43.7 Å². The quantitative estimate of drug-likeness (QED) is 0.226. The molecule has 4 nitrogen and oxygen atoms in total. The molecule has 0 radical (unpaired) electrons. The van der Waals surface area contributed by atoms with Gasteiger partial charge in [-0.15, -0.1) is 0 Å². The zero-order valence-corrected chi connectivity index (χ0v) is 21.9. The molecule has 0 atom stereocenters. The van der Waals surface area contributed by atoms with Gasteiger partial charge in [-0.05, 0) is 66.7 Å². The number of fused-ring (bicyclic) bond motifs is 9. The zero-order valence-electron chi connectivity index (χ0n) is 21.9. The van der Waals surface area contributed by atoms with E-state index >= 15 is 0 Å². The molecule has 0 N–H and O–H groups in total. The molecule has 0 unspecified atom stereocenters. The third kappa shape index (κ3) is 3.03. The lowest BCUT2D eigenvalue weighted by molar-refractivity contribution is 0.669. The van der Waals surface area contributed by atoms with Crippen LogP contribution in [-0.2, 0) is 0 Å². The Morgan fingerprint density at radius 3 is 1.78 bits per heavy atom. The van der Waals surface area contributed by atoms with Crippen molar-refractivity contribution in [3.63, 3.8) is 0 Å². The first-order valence-corrected chi connectivity index (χ1v) is 13.7. The zero-order chi connectivity index (χ0) is 27.1. The second-order valence-electron chi connectivity index (χ2n) is 10.5. The van der Waals surface area contributed by atoms with Gasteiger partial charge in [-0.2, -0.15) is 5.26 Å². The summed E-state index contributed by atoms with van der Waals surface area (Å²) in [5.41, 5.74) is 9.11. The smallest absolute Gasteiger partial charge is 0.136 e. The standard InChI is InChI=1S/C37H21N3O/c38-22-23-16-17-34-29(18-23)26-10-1-4-13-32(26)39(34)24-8-7-9-25(19-24)40-33-14-5-2-11-27(33)30-21-37-31(20-35(30)40)28-12-3-6-15-36(28)41-37/h1-21H. The summed E-state index contributed by atoms with van der Waals surface area (Å²) in [5.74, 6) is 0. The highest BCUT2D eigenvalue weighted by molar-refractivity contribution is 6.17. The van der Waals surface area contributed by atoms with E-state index in [2.05, 4.69) is 118 Å². The molecule has 0 amide bonds. The Morgan fingerprint density at radius 2 is 1.05 bits per heavy atom. The van der Waals surface area contributed by atoms with Gasteiger partial charge in [-0.1, -0.05) is 60.7 Å². The number of rotatable bonds is 2. The summed E-state index contributed by atoms with van der Waals surface area (Å²) in [4.78, 5) is 0. The van der Waals surface area contributed by atoms with Crippen LogP contribution < -0.4 is 0 Å². The number of nitriles is 1. The summed E-state index contributed by atoms with van der Waals surface area (Å²) in [5, 5.41) is 16.4. The molecule has 6 aromatic carbocycles. The van der Waals surface area contributed by atoms with Crippen LogP contribution in [0.2, 0.25) is 0 Å². The minimum Gasteiger partial charge on any atom is -0.456 e. The normalized spacial score (nSPS) is 11.9. The van der Waals surface area contributed by atoms with Crippen molar-refractivity contribution in [1.29, 1.82) is 5.26 Å². The van der Waals surface area contributed by atoms with Crippen LogP contribution in [0.15, 0.2) is 132 Å². The topological polar surface area (TPSA) is 46.8 Å². The Morgan fingerprint density at radius 1 is 0.439 bits per heavy atom. The molecule has 4 heteroatoms. The average molecular weight is 524 g/mol. The van der Waals surface area contributed by atoms with Gasteiger partial charge >= 0.3 is 0 Å². The fraction of sp³-hybridized carbons (Fsp3) is 0. The molecule has 0 spiro atoms. The summed E-state index contributed by atoms with van der Waals surface area (Å²) in [7, 11) is 0. The highest BCUT2D eigenvalue weighted by atomic mass is 16.3. The number of para-hydroxylation sites is 3. The van der Waals surface area contributed by atoms with Crippen LogP contribution in [0.1, 0.15) is 5.56 Å². The van der Waals surface area contributed by atoms with E-state index in [1.807, 2.05) is 24.3 Å². The van der Waals surface area contributed by atoms with Gasteiger partial charge in [0.2, 0.25) is 0 Å². The Kier molecular flexibility index (Phi) is 4.37. The first-order chi connectivity index (χ1) is 20.3. The number of hydrogen-bond donors (Lipinski definition) is 0. The van der Waals surface area contributed by atoms with Gasteiger partial charge in [-0.3, -0.25) is 0 Å². The SMILES string of the molecule is N#Cc1ccc2c(c1)c1ccccc1n2-c1cccc(-n2c3ccccc3c3cc4oc5ccccc5c4cc32)c1. The summed E-state index contributed by atoms with van der Waals surface area (Å²) in [6.45, 7) is 0. The fourth-order valence-corrected chi connectivity index (χ4v) is 6.56. The molecule has 190 valence electrons. The van der Waals surface area contributed by atoms with Crippen LogP contribution in [-0.4, -0.2) is 9.13 Å². The van der Waals surface area contributed by atoms with E-state index in [1.165, 1.54) is 10.8 Å². The second kappa shape index (κ2) is 8.11. The van der Waals surface area contributed by atoms with Crippen molar-refractivity contribution in [3.8, 4) is 17.4 Å². The van der Waals surface area contributed by atoms with E-state index < -0.39 is 0 Å². The van der Waals surface area contributed by atoms with Crippen molar-refractivity contribution in [2.45, 2.75) is 0 Å². The van der Waals surface area contributed by atoms with Crippen molar-refractivity contribution in [2.24, 2.45) is 0 Å². The molecule has 9 rings (SSSR count). The largest absolute Gasteiger partial charge is 0.456 e. The molecule has 3 heterocycles. The number of nitrogens with zero attached hydrogens (tertiary/aromatic N) is 3. The maximum atomic E-state index is 9.55. The summed E-state index contributed by atoms with van der Waals surface area (Å²) in [6, 6.07) is 46.6. The predicted molar refractivity (Wildman–Crippen MR) is 167 cm³/mol. The maximum absolute atomic E-state index is 9.55. The van der Waals surface area contributed by atoms with E-state index in [1.54, 1.807) is 0 Å². The monoisotopic (exact) mass is 523 g/mol. The molecule has 0 fully saturated rings. The maximum Gasteiger partial charge on any atom is 0.136 e. The number of benzene rings is 6. The first kappa shape index (κ1) is 22.1. The average Bonchev–Trinajstić information content (AvgIpc) is 3.67. The lowest BCUT2D eigenvalue weighted by atomic mass is 10.1. The Hall–Kier alpha value is -5.79. The van der Waals surface area contributed by atoms with Crippen LogP contribution in [0.4, 0.5) is 0 Å². The molecular weight excluding hydrogens is 502 g/mol. The third-order valence-corrected chi connectivity index (χ3v) is 8.32. The van der Waals surface area contributed by atoms with E-state index in [-0.39, 0.29) is 0 Å². The van der Waals surface area contributed by atoms with Crippen LogP contribution in [0.5, 0.6) is 0 Å². The lowest BCUT2D eigenvalue weighted by Gasteiger charge is -2.13. The van der Waals surface area contributed by atoms with Gasteiger partial charge in [0.25, 0.3) is 0 Å². The van der Waals surface area contributed by atoms with Crippen LogP contribution in [0.25, 0.3) is 76.9 Å². The Labute approximate surface area is 234 Å². The first-order valence-electron chi connectivity index (χ1n) is 13.7. The predicted octanol–water partition coefficient (Wildman–Crippen LogP) is 9.65. The molecule has 0 aliphatic rings. The van der Waals surface area contributed by atoms with Crippen molar-refractivity contribution in [1.82, 2.24) is 9.13 Å². The number of furan rings is 1. The molecule has 0 aliphatic heterocycles. The van der Waals surface area contributed by atoms with Crippen LogP contribution in [0, 0.1) is 11.3 Å². The number of aromatic nitrogens is 2. The molecule has 3 aromatic heterocycles. The minimum absolute atomic E-state index is 0.664. The highest BCUT2D eigenvalue weighted by Gasteiger charge is 2.18. The van der Waals surface area contributed by atoms with Crippen LogP contribution >= 0.6 is 0 Å². The molecule has 0 saturated heterocycles. The lowest BCUT2D eigenvalue weighted by Crippen LogP contribution is -1.98. The Bertz CT molecular complexity index is 2550. The molecular formula is C37H21N3O. The molecule has 0 saturated carbocycles. The molecule has 0 bridgehead atoms. The minimum atomic E-state index is 0.664. The van der Waals surface area contributed by atoms with Crippen LogP contribution in [0.3, 0.4) is 0 Å². The van der Waals surface area contributed by atoms with E-state index in [0.717, 1.165) is 66.2 Å². The molecule has 41 heavy (non-hydrogen) atoms. The highest BCUT2D eigenvalue weighted by Crippen LogP contribution is 2.39.